The summed E-state index contributed by atoms with van der Waals surface area (Å²) in [5.74, 6) is -1.31. The van der Waals surface area contributed by atoms with E-state index in [1.807, 2.05) is 24.3 Å². The van der Waals surface area contributed by atoms with Crippen molar-refractivity contribution in [3.8, 4) is 0 Å². The Bertz CT molecular complexity index is 967. The second-order valence-electron chi connectivity index (χ2n) is 9.19. The number of halogens is 1. The summed E-state index contributed by atoms with van der Waals surface area (Å²) in [4.78, 5) is 46.1. The van der Waals surface area contributed by atoms with Crippen molar-refractivity contribution in [3.05, 3.63) is 59.9 Å². The van der Waals surface area contributed by atoms with Crippen molar-refractivity contribution < 1.29 is 14.4 Å². The van der Waals surface area contributed by atoms with E-state index in [2.05, 4.69) is 31.1 Å². The molecule has 33 heavy (non-hydrogen) atoms. The first-order valence-corrected chi connectivity index (χ1v) is 11.7. The fraction of sp³-hybridized carbons (Fsp3) is 0.440. The summed E-state index contributed by atoms with van der Waals surface area (Å²) in [6.45, 7) is 7.60. The zero-order valence-electron chi connectivity index (χ0n) is 19.4. The van der Waals surface area contributed by atoms with Gasteiger partial charge in [0.2, 0.25) is 17.7 Å². The highest BCUT2D eigenvalue weighted by Crippen LogP contribution is 2.30. The molecule has 3 rings (SSSR count). The lowest BCUT2D eigenvalue weighted by molar-refractivity contribution is -0.132. The Kier molecular flexibility index (Phi) is 8.08. The predicted octanol–water partition coefficient (Wildman–Crippen LogP) is 3.43. The van der Waals surface area contributed by atoms with Crippen LogP contribution < -0.4 is 10.2 Å². The molecule has 1 fully saturated rings. The Hall–Kier alpha value is -2.93. The summed E-state index contributed by atoms with van der Waals surface area (Å²) in [6.07, 6.45) is 5.09. The minimum absolute atomic E-state index is 0.0596. The smallest absolute Gasteiger partial charge is 0.248 e. The number of hydrogen-bond acceptors (Lipinski definition) is 4. The summed E-state index contributed by atoms with van der Waals surface area (Å²) in [5, 5.41) is 2.73. The van der Waals surface area contributed by atoms with Gasteiger partial charge in [-0.15, -0.1) is 11.6 Å². The molecule has 2 aromatic rings. The number of carbonyl (C=O) groups is 3. The lowest BCUT2D eigenvalue weighted by atomic mass is 9.87. The number of amides is 3. The fourth-order valence-electron chi connectivity index (χ4n) is 3.92. The standard InChI is InChI=1S/C25H31ClN4O3/c1-25(2,3)19-8-10-20(11-9-19)30(21(31)15-26)23(18-7-6-12-27-16-18)24(33)28-17-22(32)29-13-4-5-14-29/h6-12,16,23H,4-5,13-15,17H2,1-3H3,(H,28,33). The maximum Gasteiger partial charge on any atom is 0.248 e. The third kappa shape index (κ3) is 6.11. The molecule has 0 aliphatic carbocycles. The number of rotatable bonds is 7. The van der Waals surface area contributed by atoms with Crippen molar-refractivity contribution in [1.82, 2.24) is 15.2 Å². The van der Waals surface area contributed by atoms with Crippen LogP contribution in [-0.4, -0.2) is 53.1 Å². The molecule has 1 aromatic carbocycles. The highest BCUT2D eigenvalue weighted by atomic mass is 35.5. The molecule has 7 nitrogen and oxygen atoms in total. The number of likely N-dealkylation sites (tertiary alicyclic amines) is 1. The summed E-state index contributed by atoms with van der Waals surface area (Å²) >= 11 is 5.95. The maximum absolute atomic E-state index is 13.4. The number of nitrogens with zero attached hydrogens (tertiary/aromatic N) is 3. The van der Waals surface area contributed by atoms with Gasteiger partial charge in [0.05, 0.1) is 6.54 Å². The van der Waals surface area contributed by atoms with Crippen molar-refractivity contribution in [2.75, 3.05) is 30.4 Å². The van der Waals surface area contributed by atoms with Gasteiger partial charge in [-0.25, -0.2) is 0 Å². The molecule has 1 saturated heterocycles. The molecule has 176 valence electrons. The largest absolute Gasteiger partial charge is 0.345 e. The van der Waals surface area contributed by atoms with Gasteiger partial charge in [0.1, 0.15) is 11.9 Å². The van der Waals surface area contributed by atoms with E-state index in [1.165, 1.54) is 4.90 Å². The summed E-state index contributed by atoms with van der Waals surface area (Å²) in [6, 6.07) is 9.94. The van der Waals surface area contributed by atoms with Crippen LogP contribution in [0.5, 0.6) is 0 Å². The second kappa shape index (κ2) is 10.8. The Morgan fingerprint density at radius 1 is 1.12 bits per heavy atom. The van der Waals surface area contributed by atoms with E-state index in [9.17, 15) is 14.4 Å². The quantitative estimate of drug-likeness (QED) is 0.628. The van der Waals surface area contributed by atoms with E-state index in [0.717, 1.165) is 18.4 Å². The van der Waals surface area contributed by atoms with Crippen LogP contribution in [0.25, 0.3) is 0 Å². The van der Waals surface area contributed by atoms with Gasteiger partial charge in [-0.3, -0.25) is 24.3 Å². The Labute approximate surface area is 200 Å². The molecule has 0 spiro atoms. The van der Waals surface area contributed by atoms with Gasteiger partial charge in [-0.05, 0) is 42.0 Å². The fourth-order valence-corrected chi connectivity index (χ4v) is 4.05. The molecule has 0 bridgehead atoms. The monoisotopic (exact) mass is 470 g/mol. The van der Waals surface area contributed by atoms with Crippen molar-refractivity contribution in [2.45, 2.75) is 45.1 Å². The van der Waals surface area contributed by atoms with Crippen LogP contribution in [0.3, 0.4) is 0 Å². The van der Waals surface area contributed by atoms with Crippen LogP contribution in [0, 0.1) is 0 Å². The average molecular weight is 471 g/mol. The number of benzene rings is 1. The molecule has 8 heteroatoms. The number of nitrogens with one attached hydrogen (secondary N) is 1. The van der Waals surface area contributed by atoms with E-state index < -0.39 is 17.9 Å². The molecule has 1 aromatic heterocycles. The van der Waals surface area contributed by atoms with E-state index >= 15 is 0 Å². The highest BCUT2D eigenvalue weighted by molar-refractivity contribution is 6.29. The zero-order chi connectivity index (χ0) is 24.0. The van der Waals surface area contributed by atoms with E-state index in [0.29, 0.717) is 24.3 Å². The van der Waals surface area contributed by atoms with E-state index in [-0.39, 0.29) is 23.7 Å². The minimum Gasteiger partial charge on any atom is -0.345 e. The van der Waals surface area contributed by atoms with Gasteiger partial charge in [-0.2, -0.15) is 0 Å². The SMILES string of the molecule is CC(C)(C)c1ccc(N(C(=O)CCl)C(C(=O)NCC(=O)N2CCCC2)c2cccnc2)cc1. The van der Waals surface area contributed by atoms with Crippen molar-refractivity contribution >= 4 is 35.0 Å². The van der Waals surface area contributed by atoms with Crippen LogP contribution >= 0.6 is 11.6 Å². The highest BCUT2D eigenvalue weighted by Gasteiger charge is 2.33. The van der Waals surface area contributed by atoms with Crippen LogP contribution in [0.1, 0.15) is 50.8 Å². The third-order valence-corrected chi connectivity index (χ3v) is 6.00. The van der Waals surface area contributed by atoms with Gasteiger partial charge in [0.15, 0.2) is 0 Å². The third-order valence-electron chi connectivity index (χ3n) is 5.77. The normalized spacial score (nSPS) is 14.6. The molecule has 1 atom stereocenters. The van der Waals surface area contributed by atoms with Crippen LogP contribution in [0.15, 0.2) is 48.8 Å². The van der Waals surface area contributed by atoms with Gasteiger partial charge in [0, 0.05) is 36.7 Å². The molecule has 3 amide bonds. The van der Waals surface area contributed by atoms with Crippen LogP contribution in [-0.2, 0) is 19.8 Å². The van der Waals surface area contributed by atoms with Crippen molar-refractivity contribution in [2.24, 2.45) is 0 Å². The number of aromatic nitrogens is 1. The number of carbonyl (C=O) groups excluding carboxylic acids is 3. The van der Waals surface area contributed by atoms with Gasteiger partial charge in [0.25, 0.3) is 0 Å². The first-order valence-electron chi connectivity index (χ1n) is 11.2. The minimum atomic E-state index is -1.02. The van der Waals surface area contributed by atoms with Crippen LogP contribution in [0.2, 0.25) is 0 Å². The molecule has 0 radical (unpaired) electrons. The lowest BCUT2D eigenvalue weighted by Gasteiger charge is -2.31. The first-order chi connectivity index (χ1) is 15.7. The molecule has 1 aliphatic rings. The summed E-state index contributed by atoms with van der Waals surface area (Å²) < 4.78 is 0. The van der Waals surface area contributed by atoms with Crippen molar-refractivity contribution in [3.63, 3.8) is 0 Å². The van der Waals surface area contributed by atoms with Gasteiger partial charge in [-0.1, -0.05) is 39.0 Å². The number of pyridine rings is 1. The van der Waals surface area contributed by atoms with Gasteiger partial charge >= 0.3 is 0 Å². The van der Waals surface area contributed by atoms with Crippen molar-refractivity contribution in [1.29, 1.82) is 0 Å². The summed E-state index contributed by atoms with van der Waals surface area (Å²) in [5.41, 5.74) is 2.12. The predicted molar refractivity (Wildman–Crippen MR) is 129 cm³/mol. The molecule has 1 aliphatic heterocycles. The second-order valence-corrected chi connectivity index (χ2v) is 9.46. The number of alkyl halides is 1. The Morgan fingerprint density at radius 3 is 2.33 bits per heavy atom. The first kappa shape index (κ1) is 24.7. The lowest BCUT2D eigenvalue weighted by Crippen LogP contribution is -2.47. The molecular weight excluding hydrogens is 440 g/mol. The molecule has 0 saturated carbocycles. The van der Waals surface area contributed by atoms with Gasteiger partial charge < -0.3 is 10.2 Å². The molecule has 2 heterocycles. The average Bonchev–Trinajstić information content (AvgIpc) is 3.35. The number of anilines is 1. The van der Waals surface area contributed by atoms with Crippen LogP contribution in [0.4, 0.5) is 5.69 Å². The Balaban J connectivity index is 1.92. The maximum atomic E-state index is 13.4. The number of hydrogen-bond donors (Lipinski definition) is 1. The summed E-state index contributed by atoms with van der Waals surface area (Å²) in [7, 11) is 0. The topological polar surface area (TPSA) is 82.6 Å². The van der Waals surface area contributed by atoms with E-state index in [1.54, 1.807) is 29.4 Å². The molecule has 1 N–H and O–H groups in total. The zero-order valence-corrected chi connectivity index (χ0v) is 20.1. The molecular formula is C25H31ClN4O3. The van der Waals surface area contributed by atoms with E-state index in [4.69, 9.17) is 11.6 Å². The molecule has 1 unspecified atom stereocenters. The Morgan fingerprint density at radius 2 is 1.79 bits per heavy atom.